The Morgan fingerprint density at radius 1 is 1.09 bits per heavy atom. The Bertz CT molecular complexity index is 1020. The molecule has 8 nitrogen and oxygen atoms in total. The predicted molar refractivity (Wildman–Crippen MR) is 125 cm³/mol. The second-order valence-electron chi connectivity index (χ2n) is 9.12. The molecule has 2 aliphatic heterocycles. The maximum absolute atomic E-state index is 12.9. The van der Waals surface area contributed by atoms with Gasteiger partial charge >= 0.3 is 6.18 Å². The molecule has 0 aliphatic carbocycles. The lowest BCUT2D eigenvalue weighted by Gasteiger charge is -2.34. The van der Waals surface area contributed by atoms with Crippen molar-refractivity contribution in [3.05, 3.63) is 42.2 Å². The molecule has 1 atom stereocenters. The Morgan fingerprint density at radius 3 is 2.34 bits per heavy atom. The number of nitrogens with zero attached hydrogens (tertiary/aromatic N) is 4. The van der Waals surface area contributed by atoms with Crippen LogP contribution in [0.5, 0.6) is 0 Å². The van der Waals surface area contributed by atoms with E-state index in [1.807, 2.05) is 29.2 Å². The standard InChI is InChI=1S/C24H29F3N6O2/c1-32-15-17(2-7-21(32)34)22(35)28-12-16-13-29-23(30-14-16)31-19-3-5-20(6-4-19)33-10-8-18(9-11-33)24(25,26)27/h3-6,13-14,17-18H,2,7-12,15H2,1H3,(H,28,35)(H,29,30,31). The zero-order chi connectivity index (χ0) is 25.0. The first-order chi connectivity index (χ1) is 16.7. The highest BCUT2D eigenvalue weighted by molar-refractivity contribution is 5.83. The summed E-state index contributed by atoms with van der Waals surface area (Å²) in [6.45, 7) is 1.49. The summed E-state index contributed by atoms with van der Waals surface area (Å²) in [7, 11) is 1.70. The average Bonchev–Trinajstić information content (AvgIpc) is 2.85. The average molecular weight is 491 g/mol. The fraction of sp³-hybridized carbons (Fsp3) is 0.500. The van der Waals surface area contributed by atoms with Crippen LogP contribution in [0.25, 0.3) is 0 Å². The zero-order valence-electron chi connectivity index (χ0n) is 19.5. The highest BCUT2D eigenvalue weighted by atomic mass is 19.4. The first kappa shape index (κ1) is 24.7. The largest absolute Gasteiger partial charge is 0.391 e. The van der Waals surface area contributed by atoms with Crippen molar-refractivity contribution in [1.82, 2.24) is 20.2 Å². The van der Waals surface area contributed by atoms with E-state index in [2.05, 4.69) is 20.6 Å². The molecule has 2 aliphatic rings. The molecule has 188 valence electrons. The van der Waals surface area contributed by atoms with E-state index in [9.17, 15) is 22.8 Å². The van der Waals surface area contributed by atoms with Gasteiger partial charge in [0.1, 0.15) is 0 Å². The number of aromatic nitrogens is 2. The smallest absolute Gasteiger partial charge is 0.372 e. The number of alkyl halides is 3. The van der Waals surface area contributed by atoms with Crippen molar-refractivity contribution < 1.29 is 22.8 Å². The van der Waals surface area contributed by atoms with Crippen molar-refractivity contribution in [2.45, 2.75) is 38.4 Å². The van der Waals surface area contributed by atoms with Gasteiger partial charge in [0, 0.05) is 69.0 Å². The predicted octanol–water partition coefficient (Wildman–Crippen LogP) is 3.48. The van der Waals surface area contributed by atoms with Crippen LogP contribution in [0.3, 0.4) is 0 Å². The molecule has 1 unspecified atom stereocenters. The summed E-state index contributed by atoms with van der Waals surface area (Å²) in [5.41, 5.74) is 2.40. The van der Waals surface area contributed by atoms with Crippen LogP contribution in [-0.4, -0.2) is 59.5 Å². The van der Waals surface area contributed by atoms with Crippen LogP contribution in [0.15, 0.2) is 36.7 Å². The summed E-state index contributed by atoms with van der Waals surface area (Å²) in [5.74, 6) is -1.06. The number of nitrogens with one attached hydrogen (secondary N) is 2. The summed E-state index contributed by atoms with van der Waals surface area (Å²) >= 11 is 0. The minimum Gasteiger partial charge on any atom is -0.372 e. The summed E-state index contributed by atoms with van der Waals surface area (Å²) < 4.78 is 38.6. The van der Waals surface area contributed by atoms with E-state index in [0.717, 1.165) is 16.9 Å². The van der Waals surface area contributed by atoms with Crippen molar-refractivity contribution >= 4 is 29.1 Å². The number of piperidine rings is 2. The number of carbonyl (C=O) groups is 2. The number of hydrogen-bond acceptors (Lipinski definition) is 6. The van der Waals surface area contributed by atoms with Crippen molar-refractivity contribution in [1.29, 1.82) is 0 Å². The summed E-state index contributed by atoms with van der Waals surface area (Å²) in [6.07, 6.45) is 0.309. The number of halogens is 3. The fourth-order valence-corrected chi connectivity index (χ4v) is 4.42. The Hall–Kier alpha value is -3.37. The van der Waals surface area contributed by atoms with Crippen LogP contribution in [0.2, 0.25) is 0 Å². The van der Waals surface area contributed by atoms with E-state index < -0.39 is 12.1 Å². The third-order valence-electron chi connectivity index (χ3n) is 6.62. The minimum atomic E-state index is -4.12. The molecule has 1 aromatic carbocycles. The quantitative estimate of drug-likeness (QED) is 0.645. The molecule has 2 aromatic rings. The molecule has 35 heavy (non-hydrogen) atoms. The van der Waals surface area contributed by atoms with Crippen molar-refractivity contribution in [3.63, 3.8) is 0 Å². The number of anilines is 3. The van der Waals surface area contributed by atoms with Gasteiger partial charge in [0.2, 0.25) is 17.8 Å². The Labute approximate surface area is 201 Å². The molecule has 3 heterocycles. The van der Waals surface area contributed by atoms with Crippen LogP contribution in [-0.2, 0) is 16.1 Å². The lowest BCUT2D eigenvalue weighted by Crippen LogP contribution is -2.43. The van der Waals surface area contributed by atoms with Gasteiger partial charge in [0.05, 0.1) is 11.8 Å². The summed E-state index contributed by atoms with van der Waals surface area (Å²) in [5, 5.41) is 5.98. The zero-order valence-corrected chi connectivity index (χ0v) is 19.5. The second-order valence-corrected chi connectivity index (χ2v) is 9.12. The van der Waals surface area contributed by atoms with Gasteiger partial charge in [-0.1, -0.05) is 0 Å². The molecular weight excluding hydrogens is 461 g/mol. The first-order valence-electron chi connectivity index (χ1n) is 11.7. The van der Waals surface area contributed by atoms with Crippen molar-refractivity contribution in [3.8, 4) is 0 Å². The Kier molecular flexibility index (Phi) is 7.42. The van der Waals surface area contributed by atoms with E-state index in [-0.39, 0.29) is 30.6 Å². The summed E-state index contributed by atoms with van der Waals surface area (Å²) in [6, 6.07) is 7.43. The first-order valence-corrected chi connectivity index (χ1v) is 11.7. The molecule has 11 heteroatoms. The van der Waals surface area contributed by atoms with Crippen LogP contribution in [0, 0.1) is 11.8 Å². The molecule has 0 bridgehead atoms. The van der Waals surface area contributed by atoms with Crippen LogP contribution < -0.4 is 15.5 Å². The summed E-state index contributed by atoms with van der Waals surface area (Å²) in [4.78, 5) is 36.1. The number of carbonyl (C=O) groups excluding carboxylic acids is 2. The molecule has 4 rings (SSSR count). The van der Waals surface area contributed by atoms with E-state index in [0.29, 0.717) is 45.0 Å². The van der Waals surface area contributed by atoms with Gasteiger partial charge in [-0.15, -0.1) is 0 Å². The van der Waals surface area contributed by atoms with Crippen LogP contribution >= 0.6 is 0 Å². The molecule has 0 saturated carbocycles. The van der Waals surface area contributed by atoms with E-state index in [4.69, 9.17) is 0 Å². The highest BCUT2D eigenvalue weighted by Gasteiger charge is 2.41. The van der Waals surface area contributed by atoms with Crippen LogP contribution in [0.1, 0.15) is 31.2 Å². The number of benzene rings is 1. The molecule has 2 N–H and O–H groups in total. The Balaban J connectivity index is 1.24. The number of likely N-dealkylation sites (tertiary alicyclic amines) is 1. The van der Waals surface area contributed by atoms with E-state index in [1.165, 1.54) is 0 Å². The van der Waals surface area contributed by atoms with Gasteiger partial charge in [-0.2, -0.15) is 13.2 Å². The van der Waals surface area contributed by atoms with Gasteiger partial charge in [-0.05, 0) is 43.5 Å². The van der Waals surface area contributed by atoms with Crippen molar-refractivity contribution in [2.75, 3.05) is 36.9 Å². The monoisotopic (exact) mass is 490 g/mol. The van der Waals surface area contributed by atoms with Crippen molar-refractivity contribution in [2.24, 2.45) is 11.8 Å². The number of rotatable bonds is 6. The number of hydrogen-bond donors (Lipinski definition) is 2. The van der Waals surface area contributed by atoms with Gasteiger partial charge in [-0.25, -0.2) is 9.97 Å². The van der Waals surface area contributed by atoms with Gasteiger partial charge < -0.3 is 20.4 Å². The van der Waals surface area contributed by atoms with Gasteiger partial charge in [0.25, 0.3) is 0 Å². The molecule has 2 saturated heterocycles. The molecule has 2 fully saturated rings. The normalized spacial score (nSPS) is 19.5. The molecule has 0 radical (unpaired) electrons. The maximum Gasteiger partial charge on any atom is 0.391 e. The molecule has 0 spiro atoms. The SMILES string of the molecule is CN1CC(C(=O)NCc2cnc(Nc3ccc(N4CCC(C(F)(F)F)CC4)cc3)nc2)CCC1=O. The lowest BCUT2D eigenvalue weighted by molar-refractivity contribution is -0.179. The maximum atomic E-state index is 12.9. The minimum absolute atomic E-state index is 0.0609. The van der Waals surface area contributed by atoms with Gasteiger partial charge in [-0.3, -0.25) is 9.59 Å². The third-order valence-corrected chi connectivity index (χ3v) is 6.62. The molecular formula is C24H29F3N6O2. The molecule has 1 aromatic heterocycles. The highest BCUT2D eigenvalue weighted by Crippen LogP contribution is 2.35. The Morgan fingerprint density at radius 2 is 1.74 bits per heavy atom. The van der Waals surface area contributed by atoms with Crippen LogP contribution in [0.4, 0.5) is 30.5 Å². The molecule has 2 amide bonds. The lowest BCUT2D eigenvalue weighted by atomic mass is 9.96. The second kappa shape index (κ2) is 10.5. The van der Waals surface area contributed by atoms with Gasteiger partial charge in [0.15, 0.2) is 0 Å². The topological polar surface area (TPSA) is 90.5 Å². The van der Waals surface area contributed by atoms with E-state index in [1.54, 1.807) is 24.3 Å². The fourth-order valence-electron chi connectivity index (χ4n) is 4.42. The van der Waals surface area contributed by atoms with E-state index >= 15 is 0 Å². The number of amides is 2. The third kappa shape index (κ3) is 6.40.